The molecule has 2 fully saturated rings. The van der Waals surface area contributed by atoms with Gasteiger partial charge in [0.2, 0.25) is 0 Å². The molecule has 0 radical (unpaired) electrons. The fourth-order valence-electron chi connectivity index (χ4n) is 4.76. The highest BCUT2D eigenvalue weighted by Crippen LogP contribution is 2.54. The topological polar surface area (TPSA) is 49.8 Å². The monoisotopic (exact) mass is 349 g/mol. The van der Waals surface area contributed by atoms with E-state index >= 15 is 0 Å². The van der Waals surface area contributed by atoms with Crippen molar-refractivity contribution in [1.29, 1.82) is 0 Å². The second-order valence-corrected chi connectivity index (χ2v) is 7.97. The Hall–Kier alpha value is -2.33. The van der Waals surface area contributed by atoms with Crippen molar-refractivity contribution >= 4 is 6.09 Å². The molecule has 0 bridgehead atoms. The molecule has 1 atom stereocenters. The first kappa shape index (κ1) is 15.9. The minimum Gasteiger partial charge on any atom is -0.448 e. The fourth-order valence-corrected chi connectivity index (χ4v) is 4.76. The number of carbonyl (C=O) groups excluding carboxylic acids is 1. The summed E-state index contributed by atoms with van der Waals surface area (Å²) in [6.45, 7) is 1.09. The van der Waals surface area contributed by atoms with Gasteiger partial charge < -0.3 is 14.7 Å². The molecule has 2 aromatic rings. The van der Waals surface area contributed by atoms with Gasteiger partial charge in [-0.05, 0) is 46.9 Å². The third-order valence-electron chi connectivity index (χ3n) is 6.35. The van der Waals surface area contributed by atoms with E-state index in [2.05, 4.69) is 36.4 Å². The van der Waals surface area contributed by atoms with Crippen molar-refractivity contribution in [2.75, 3.05) is 19.8 Å². The molecular weight excluding hydrogens is 326 g/mol. The first-order valence-corrected chi connectivity index (χ1v) is 9.43. The van der Waals surface area contributed by atoms with E-state index in [4.69, 9.17) is 4.74 Å². The number of benzene rings is 2. The summed E-state index contributed by atoms with van der Waals surface area (Å²) in [5, 5.41) is 9.64. The fraction of sp³-hybridized carbons (Fsp3) is 0.409. The predicted molar refractivity (Wildman–Crippen MR) is 98.9 cm³/mol. The highest BCUT2D eigenvalue weighted by molar-refractivity contribution is 5.79. The lowest BCUT2D eigenvalue weighted by molar-refractivity contribution is 0.0820. The van der Waals surface area contributed by atoms with Crippen LogP contribution in [0.1, 0.15) is 36.3 Å². The Balaban J connectivity index is 1.35. The van der Waals surface area contributed by atoms with Crippen molar-refractivity contribution in [2.45, 2.75) is 31.2 Å². The van der Waals surface area contributed by atoms with E-state index in [1.807, 2.05) is 12.1 Å². The molecule has 1 heterocycles. The molecule has 1 N–H and O–H groups in total. The van der Waals surface area contributed by atoms with Gasteiger partial charge >= 0.3 is 6.09 Å². The lowest BCUT2D eigenvalue weighted by Crippen LogP contribution is -2.38. The number of fused-ring (bicyclic) bond motifs is 3. The molecule has 0 aromatic heterocycles. The summed E-state index contributed by atoms with van der Waals surface area (Å²) in [4.78, 5) is 14.5. The second kappa shape index (κ2) is 5.85. The number of ether oxygens (including phenoxy) is 1. The highest BCUT2D eigenvalue weighted by atomic mass is 16.6. The van der Waals surface area contributed by atoms with Crippen molar-refractivity contribution in [3.63, 3.8) is 0 Å². The summed E-state index contributed by atoms with van der Waals surface area (Å²) in [5.74, 6) is 0.0800. The summed E-state index contributed by atoms with van der Waals surface area (Å²) >= 11 is 0. The van der Waals surface area contributed by atoms with Crippen LogP contribution in [0.5, 0.6) is 0 Å². The van der Waals surface area contributed by atoms with Crippen LogP contribution >= 0.6 is 0 Å². The van der Waals surface area contributed by atoms with E-state index in [-0.39, 0.29) is 30.1 Å². The molecule has 2 aliphatic carbocycles. The molecule has 4 nitrogen and oxygen atoms in total. The van der Waals surface area contributed by atoms with E-state index in [1.54, 1.807) is 4.90 Å². The highest BCUT2D eigenvalue weighted by Gasteiger charge is 2.53. The number of carbonyl (C=O) groups is 1. The number of hydrogen-bond acceptors (Lipinski definition) is 3. The van der Waals surface area contributed by atoms with Gasteiger partial charge in [-0.3, -0.25) is 0 Å². The van der Waals surface area contributed by atoms with Crippen LogP contribution in [-0.4, -0.2) is 41.9 Å². The zero-order valence-corrected chi connectivity index (χ0v) is 14.7. The van der Waals surface area contributed by atoms with Gasteiger partial charge in [-0.15, -0.1) is 0 Å². The van der Waals surface area contributed by atoms with Crippen LogP contribution in [0.4, 0.5) is 4.79 Å². The Morgan fingerprint density at radius 3 is 2.27 bits per heavy atom. The SMILES string of the molecule is O=C(OCC1c2ccccc2-c2ccccc21)N1CC2(CC2)C[C@H]1CO. The van der Waals surface area contributed by atoms with Crippen LogP contribution < -0.4 is 0 Å². The number of aliphatic hydroxyl groups is 1. The average molecular weight is 349 g/mol. The van der Waals surface area contributed by atoms with Crippen LogP contribution in [0, 0.1) is 5.41 Å². The Bertz CT molecular complexity index is 812. The van der Waals surface area contributed by atoms with E-state index in [0.29, 0.717) is 6.61 Å². The maximum absolute atomic E-state index is 12.7. The van der Waals surface area contributed by atoms with Crippen LogP contribution in [0.15, 0.2) is 48.5 Å². The summed E-state index contributed by atoms with van der Waals surface area (Å²) < 4.78 is 5.75. The maximum Gasteiger partial charge on any atom is 0.410 e. The number of amides is 1. The number of likely N-dealkylation sites (tertiary alicyclic amines) is 1. The Kier molecular flexibility index (Phi) is 3.57. The Morgan fingerprint density at radius 2 is 1.69 bits per heavy atom. The molecule has 5 rings (SSSR count). The van der Waals surface area contributed by atoms with E-state index in [0.717, 1.165) is 25.8 Å². The minimum atomic E-state index is -0.283. The van der Waals surface area contributed by atoms with Crippen molar-refractivity contribution in [3.8, 4) is 11.1 Å². The molecule has 2 aromatic carbocycles. The summed E-state index contributed by atoms with van der Waals surface area (Å²) in [7, 11) is 0. The number of aliphatic hydroxyl groups excluding tert-OH is 1. The summed E-state index contributed by atoms with van der Waals surface area (Å²) in [6, 6.07) is 16.6. The van der Waals surface area contributed by atoms with Gasteiger partial charge in [0.1, 0.15) is 6.61 Å². The molecule has 1 aliphatic heterocycles. The number of nitrogens with zero attached hydrogens (tertiary/aromatic N) is 1. The standard InChI is InChI=1S/C22H23NO3/c24-12-15-11-22(9-10-22)14-23(15)21(25)26-13-20-18-7-3-1-5-16(18)17-6-2-4-8-19(17)20/h1-8,15,20,24H,9-14H2/t15-/m0/s1. The average Bonchev–Trinajstić information content (AvgIpc) is 3.21. The molecule has 1 saturated carbocycles. The lowest BCUT2D eigenvalue weighted by Gasteiger charge is -2.23. The zero-order chi connectivity index (χ0) is 17.7. The smallest absolute Gasteiger partial charge is 0.410 e. The van der Waals surface area contributed by atoms with Crippen LogP contribution in [0.3, 0.4) is 0 Å². The molecule has 1 spiro atoms. The maximum atomic E-state index is 12.7. The van der Waals surface area contributed by atoms with Gasteiger partial charge in [0.05, 0.1) is 12.6 Å². The minimum absolute atomic E-state index is 0.0198. The second-order valence-electron chi connectivity index (χ2n) is 7.97. The number of hydrogen-bond donors (Lipinski definition) is 1. The lowest BCUT2D eigenvalue weighted by atomic mass is 9.98. The Labute approximate surface area is 153 Å². The molecule has 3 aliphatic rings. The van der Waals surface area contributed by atoms with E-state index < -0.39 is 0 Å². The van der Waals surface area contributed by atoms with Gasteiger partial charge in [-0.25, -0.2) is 4.79 Å². The van der Waals surface area contributed by atoms with E-state index in [9.17, 15) is 9.90 Å². The van der Waals surface area contributed by atoms with Gasteiger partial charge in [-0.2, -0.15) is 0 Å². The van der Waals surface area contributed by atoms with Crippen LogP contribution in [-0.2, 0) is 4.74 Å². The molecule has 1 amide bonds. The molecule has 1 saturated heterocycles. The third-order valence-corrected chi connectivity index (χ3v) is 6.35. The Morgan fingerprint density at radius 1 is 1.08 bits per heavy atom. The molecule has 4 heteroatoms. The van der Waals surface area contributed by atoms with Gasteiger partial charge in [0.15, 0.2) is 0 Å². The molecular formula is C22H23NO3. The first-order chi connectivity index (χ1) is 12.7. The molecule has 26 heavy (non-hydrogen) atoms. The van der Waals surface area contributed by atoms with Crippen molar-refractivity contribution in [3.05, 3.63) is 59.7 Å². The summed E-state index contributed by atoms with van der Waals surface area (Å²) in [5.41, 5.74) is 5.17. The quantitative estimate of drug-likeness (QED) is 0.917. The van der Waals surface area contributed by atoms with Gasteiger partial charge in [0.25, 0.3) is 0 Å². The molecule has 0 unspecified atom stereocenters. The van der Waals surface area contributed by atoms with Gasteiger partial charge in [-0.1, -0.05) is 48.5 Å². The number of rotatable bonds is 3. The first-order valence-electron chi connectivity index (χ1n) is 9.43. The van der Waals surface area contributed by atoms with Crippen molar-refractivity contribution < 1.29 is 14.6 Å². The van der Waals surface area contributed by atoms with Crippen LogP contribution in [0.25, 0.3) is 11.1 Å². The largest absolute Gasteiger partial charge is 0.448 e. The molecule has 134 valence electrons. The normalized spacial score (nSPS) is 22.3. The zero-order valence-electron chi connectivity index (χ0n) is 14.7. The van der Waals surface area contributed by atoms with E-state index in [1.165, 1.54) is 22.3 Å². The van der Waals surface area contributed by atoms with Crippen molar-refractivity contribution in [1.82, 2.24) is 4.90 Å². The van der Waals surface area contributed by atoms with Crippen molar-refractivity contribution in [2.24, 2.45) is 5.41 Å². The summed E-state index contributed by atoms with van der Waals surface area (Å²) in [6.07, 6.45) is 2.95. The van der Waals surface area contributed by atoms with Gasteiger partial charge in [0, 0.05) is 12.5 Å². The third kappa shape index (κ3) is 2.43. The predicted octanol–water partition coefficient (Wildman–Crippen LogP) is 3.78. The van der Waals surface area contributed by atoms with Crippen LogP contribution in [0.2, 0.25) is 0 Å².